The number of phenolic OH excluding ortho intramolecular Hbond substituents is 1. The minimum Gasteiger partial charge on any atom is -0.508 e. The molecule has 0 radical (unpaired) electrons. The van der Waals surface area contributed by atoms with E-state index in [1.165, 1.54) is 6.08 Å². The van der Waals surface area contributed by atoms with Crippen LogP contribution in [0, 0.1) is 0 Å². The summed E-state index contributed by atoms with van der Waals surface area (Å²) in [5.41, 5.74) is 0.989. The zero-order chi connectivity index (χ0) is 16.1. The predicted octanol–water partition coefficient (Wildman–Crippen LogP) is 0.361. The van der Waals surface area contributed by atoms with Crippen LogP contribution in [0.4, 0.5) is 0 Å². The molecule has 1 aromatic rings. The third-order valence-corrected chi connectivity index (χ3v) is 3.32. The van der Waals surface area contributed by atoms with E-state index < -0.39 is 24.3 Å². The average molecular weight is 306 g/mol. The van der Waals surface area contributed by atoms with Gasteiger partial charge in [0.2, 0.25) is 0 Å². The maximum Gasteiger partial charge on any atom is 0.334 e. The van der Waals surface area contributed by atoms with Gasteiger partial charge in [0.15, 0.2) is 0 Å². The Morgan fingerprint density at radius 3 is 2.55 bits per heavy atom. The number of rotatable bonds is 4. The summed E-state index contributed by atoms with van der Waals surface area (Å²) in [6.07, 6.45) is 0.757. The summed E-state index contributed by atoms with van der Waals surface area (Å²) in [6.45, 7) is 0.0335. The van der Waals surface area contributed by atoms with E-state index in [0.717, 1.165) is 5.56 Å². The van der Waals surface area contributed by atoms with Crippen LogP contribution in [0.3, 0.4) is 0 Å². The Bertz CT molecular complexity index is 575. The summed E-state index contributed by atoms with van der Waals surface area (Å²) in [5.74, 6) is -0.465. The number of hydrogen-bond donors (Lipinski definition) is 4. The van der Waals surface area contributed by atoms with Crippen molar-refractivity contribution in [2.75, 3.05) is 6.61 Å². The summed E-state index contributed by atoms with van der Waals surface area (Å²) < 4.78 is 5.01. The Kier molecular flexibility index (Phi) is 5.32. The van der Waals surface area contributed by atoms with E-state index in [1.807, 2.05) is 0 Å². The highest BCUT2D eigenvalue weighted by Crippen LogP contribution is 2.20. The minimum absolute atomic E-state index is 0.0335. The fourth-order valence-electron chi connectivity index (χ4n) is 2.08. The molecule has 0 amide bonds. The van der Waals surface area contributed by atoms with E-state index >= 15 is 0 Å². The van der Waals surface area contributed by atoms with Gasteiger partial charge in [0.25, 0.3) is 0 Å². The summed E-state index contributed by atoms with van der Waals surface area (Å²) in [5, 5.41) is 37.5. The molecule has 3 unspecified atom stereocenters. The van der Waals surface area contributed by atoms with Crippen LogP contribution in [0.15, 0.2) is 42.0 Å². The number of aliphatic hydroxyl groups excluding tert-OH is 3. The summed E-state index contributed by atoms with van der Waals surface area (Å²) in [6, 6.07) is 6.52. The molecule has 2 rings (SSSR count). The van der Waals surface area contributed by atoms with Crippen molar-refractivity contribution in [1.29, 1.82) is 0 Å². The third-order valence-electron chi connectivity index (χ3n) is 3.32. The van der Waals surface area contributed by atoms with E-state index in [2.05, 4.69) is 0 Å². The number of hydrogen-bond acceptors (Lipinski definition) is 6. The molecule has 0 saturated carbocycles. The van der Waals surface area contributed by atoms with Crippen molar-refractivity contribution in [3.8, 4) is 5.75 Å². The molecule has 0 spiro atoms. The lowest BCUT2D eigenvalue weighted by Gasteiger charge is -2.26. The zero-order valence-corrected chi connectivity index (χ0v) is 11.8. The predicted molar refractivity (Wildman–Crippen MR) is 78.8 cm³/mol. The summed E-state index contributed by atoms with van der Waals surface area (Å²) >= 11 is 0. The van der Waals surface area contributed by atoms with Gasteiger partial charge in [-0.15, -0.1) is 0 Å². The highest BCUT2D eigenvalue weighted by molar-refractivity contribution is 5.89. The molecule has 1 aliphatic carbocycles. The van der Waals surface area contributed by atoms with Crippen molar-refractivity contribution in [1.82, 2.24) is 0 Å². The van der Waals surface area contributed by atoms with Crippen molar-refractivity contribution >= 4 is 12.0 Å². The molecule has 1 aliphatic rings. The fraction of sp³-hybridized carbons (Fsp3) is 0.312. The van der Waals surface area contributed by atoms with Gasteiger partial charge in [0.05, 0.1) is 6.10 Å². The number of aromatic hydroxyl groups is 1. The van der Waals surface area contributed by atoms with Gasteiger partial charge in [-0.05, 0) is 29.8 Å². The number of aliphatic hydroxyl groups is 3. The molecule has 6 heteroatoms. The lowest BCUT2D eigenvalue weighted by Crippen LogP contribution is -2.41. The normalized spacial score (nSPS) is 25.0. The van der Waals surface area contributed by atoms with Gasteiger partial charge in [-0.1, -0.05) is 18.2 Å². The second-order valence-electron chi connectivity index (χ2n) is 5.04. The minimum atomic E-state index is -1.29. The maximum absolute atomic E-state index is 11.8. The lowest BCUT2D eigenvalue weighted by atomic mass is 9.92. The first kappa shape index (κ1) is 16.2. The average Bonchev–Trinajstić information content (AvgIpc) is 2.50. The molecule has 0 heterocycles. The summed E-state index contributed by atoms with van der Waals surface area (Å²) in [7, 11) is 0. The number of ether oxygens (including phenoxy) is 1. The van der Waals surface area contributed by atoms with Crippen LogP contribution in [-0.2, 0) is 9.53 Å². The van der Waals surface area contributed by atoms with E-state index in [1.54, 1.807) is 36.4 Å². The molecular formula is C16H18O6. The van der Waals surface area contributed by atoms with Gasteiger partial charge in [-0.2, -0.15) is 0 Å². The first-order valence-corrected chi connectivity index (χ1v) is 6.85. The van der Waals surface area contributed by atoms with Crippen LogP contribution in [0.1, 0.15) is 12.0 Å². The van der Waals surface area contributed by atoms with Crippen LogP contribution in [0.5, 0.6) is 5.75 Å². The van der Waals surface area contributed by atoms with E-state index in [0.29, 0.717) is 0 Å². The Balaban J connectivity index is 1.85. The lowest BCUT2D eigenvalue weighted by molar-refractivity contribution is -0.139. The number of benzene rings is 1. The molecule has 22 heavy (non-hydrogen) atoms. The van der Waals surface area contributed by atoms with Crippen molar-refractivity contribution < 1.29 is 30.0 Å². The molecule has 118 valence electrons. The largest absolute Gasteiger partial charge is 0.508 e. The van der Waals surface area contributed by atoms with Gasteiger partial charge >= 0.3 is 5.97 Å². The van der Waals surface area contributed by atoms with Crippen LogP contribution < -0.4 is 0 Å². The van der Waals surface area contributed by atoms with Crippen molar-refractivity contribution in [2.45, 2.75) is 24.7 Å². The van der Waals surface area contributed by atoms with Gasteiger partial charge in [-0.3, -0.25) is 0 Å². The van der Waals surface area contributed by atoms with Gasteiger partial charge in [-0.25, -0.2) is 4.79 Å². The molecule has 4 N–H and O–H groups in total. The standard InChI is InChI=1S/C16H18O6/c17-12-5-3-10(4-6-12)2-1-7-22-16(21)11-8-13(18)15(20)14(19)9-11/h1-6,8,13-15,17-20H,7,9H2. The van der Waals surface area contributed by atoms with Crippen molar-refractivity contribution in [3.63, 3.8) is 0 Å². The zero-order valence-electron chi connectivity index (χ0n) is 11.8. The highest BCUT2D eigenvalue weighted by atomic mass is 16.5. The molecule has 6 nitrogen and oxygen atoms in total. The quantitative estimate of drug-likeness (QED) is 0.598. The molecular weight excluding hydrogens is 288 g/mol. The summed E-state index contributed by atoms with van der Waals surface area (Å²) in [4.78, 5) is 11.8. The van der Waals surface area contributed by atoms with Crippen molar-refractivity contribution in [3.05, 3.63) is 47.6 Å². The molecule has 1 aromatic carbocycles. The number of carbonyl (C=O) groups excluding carboxylic acids is 1. The first-order valence-electron chi connectivity index (χ1n) is 6.85. The van der Waals surface area contributed by atoms with Crippen LogP contribution in [0.2, 0.25) is 0 Å². The Labute approximate surface area is 127 Å². The van der Waals surface area contributed by atoms with Gasteiger partial charge in [0, 0.05) is 12.0 Å². The fourth-order valence-corrected chi connectivity index (χ4v) is 2.08. The maximum atomic E-state index is 11.8. The second kappa shape index (κ2) is 7.22. The molecule has 0 saturated heterocycles. The molecule has 3 atom stereocenters. The smallest absolute Gasteiger partial charge is 0.334 e. The Morgan fingerprint density at radius 2 is 1.91 bits per heavy atom. The van der Waals surface area contributed by atoms with E-state index in [-0.39, 0.29) is 24.4 Å². The second-order valence-corrected chi connectivity index (χ2v) is 5.04. The van der Waals surface area contributed by atoms with Crippen LogP contribution >= 0.6 is 0 Å². The highest BCUT2D eigenvalue weighted by Gasteiger charge is 2.31. The van der Waals surface area contributed by atoms with Crippen LogP contribution in [-0.4, -0.2) is 51.3 Å². The molecule has 0 fully saturated rings. The molecule has 0 aromatic heterocycles. The van der Waals surface area contributed by atoms with Crippen LogP contribution in [0.25, 0.3) is 6.08 Å². The number of carbonyl (C=O) groups is 1. The first-order chi connectivity index (χ1) is 10.5. The van der Waals surface area contributed by atoms with Crippen molar-refractivity contribution in [2.24, 2.45) is 0 Å². The Hall–Kier alpha value is -2.15. The topological polar surface area (TPSA) is 107 Å². The number of esters is 1. The van der Waals surface area contributed by atoms with E-state index in [9.17, 15) is 20.1 Å². The number of phenols is 1. The SMILES string of the molecule is O=C(OCC=Cc1ccc(O)cc1)C1=CC(O)C(O)C(O)C1. The monoisotopic (exact) mass is 306 g/mol. The van der Waals surface area contributed by atoms with Gasteiger partial charge in [0.1, 0.15) is 24.6 Å². The van der Waals surface area contributed by atoms with E-state index in [4.69, 9.17) is 9.84 Å². The molecule has 0 bridgehead atoms. The third kappa shape index (κ3) is 4.17. The molecule has 0 aliphatic heterocycles. The Morgan fingerprint density at radius 1 is 1.23 bits per heavy atom. The van der Waals surface area contributed by atoms with Gasteiger partial charge < -0.3 is 25.2 Å².